The summed E-state index contributed by atoms with van der Waals surface area (Å²) >= 11 is 0. The molecule has 0 aliphatic carbocycles. The quantitative estimate of drug-likeness (QED) is 0.577. The van der Waals surface area contributed by atoms with E-state index in [4.69, 9.17) is 4.74 Å². The number of nitrogens with zero attached hydrogens (tertiary/aromatic N) is 1. The Labute approximate surface area is 159 Å². The van der Waals surface area contributed by atoms with Crippen LogP contribution in [0.1, 0.15) is 29.8 Å². The normalized spacial score (nSPS) is 10.5. The van der Waals surface area contributed by atoms with Crippen molar-refractivity contribution in [1.82, 2.24) is 0 Å². The topological polar surface area (TPSA) is 78.9 Å². The predicted molar refractivity (Wildman–Crippen MR) is 106 cm³/mol. The first-order chi connectivity index (χ1) is 12.8. The fourth-order valence-corrected chi connectivity index (χ4v) is 2.34. The van der Waals surface area contributed by atoms with E-state index in [1.54, 1.807) is 43.4 Å². The highest BCUT2D eigenvalue weighted by molar-refractivity contribution is 6.05. The van der Waals surface area contributed by atoms with E-state index in [0.717, 1.165) is 0 Å². The number of likely N-dealkylation sites (N-methyl/N-ethyl adjacent to an activating group) is 1. The maximum absolute atomic E-state index is 12.4. The Balaban J connectivity index is 2.09. The molecule has 6 nitrogen and oxygen atoms in total. The molecule has 0 bridgehead atoms. The molecule has 0 heterocycles. The van der Waals surface area contributed by atoms with E-state index in [1.165, 1.54) is 17.0 Å². The molecule has 142 valence electrons. The minimum Gasteiger partial charge on any atom is -0.508 e. The van der Waals surface area contributed by atoms with Crippen LogP contribution in [0.5, 0.6) is 5.75 Å². The number of ether oxygens (including phenoxy) is 1. The van der Waals surface area contributed by atoms with Crippen LogP contribution < -0.4 is 10.2 Å². The van der Waals surface area contributed by atoms with Crippen LogP contribution in [0.3, 0.4) is 0 Å². The van der Waals surface area contributed by atoms with E-state index in [2.05, 4.69) is 11.9 Å². The van der Waals surface area contributed by atoms with E-state index in [1.807, 2.05) is 13.8 Å². The maximum atomic E-state index is 12.4. The molecule has 2 aromatic carbocycles. The standard InChI is InChI=1S/C21H24N2O4/c1-5-20(25)23(4)18-9-6-15(7-10-18)21(26)22-17-8-11-19(24)16(12-17)13-27-14(2)3/h5-12,14,24H,1,13H2,2-4H3,(H,22,26). The summed E-state index contributed by atoms with van der Waals surface area (Å²) in [5, 5.41) is 12.7. The third-order valence-electron chi connectivity index (χ3n) is 3.93. The van der Waals surface area contributed by atoms with E-state index >= 15 is 0 Å². The molecule has 0 saturated carbocycles. The number of phenolic OH excluding ortho intramolecular Hbond substituents is 1. The smallest absolute Gasteiger partial charge is 0.255 e. The average Bonchev–Trinajstić information content (AvgIpc) is 2.67. The van der Waals surface area contributed by atoms with Crippen LogP contribution in [0.25, 0.3) is 0 Å². The van der Waals surface area contributed by atoms with E-state index < -0.39 is 0 Å². The minimum absolute atomic E-state index is 0.0345. The Hall–Kier alpha value is -3.12. The predicted octanol–water partition coefficient (Wildman–Crippen LogP) is 3.72. The van der Waals surface area contributed by atoms with Crippen molar-refractivity contribution < 1.29 is 19.4 Å². The Kier molecular flexibility index (Phi) is 6.73. The van der Waals surface area contributed by atoms with Gasteiger partial charge < -0.3 is 20.1 Å². The molecule has 0 aromatic heterocycles. The Morgan fingerprint density at radius 1 is 1.22 bits per heavy atom. The Bertz CT molecular complexity index is 829. The fourth-order valence-electron chi connectivity index (χ4n) is 2.34. The van der Waals surface area contributed by atoms with Gasteiger partial charge in [0.2, 0.25) is 5.91 Å². The number of amides is 2. The van der Waals surface area contributed by atoms with Gasteiger partial charge in [-0.3, -0.25) is 9.59 Å². The summed E-state index contributed by atoms with van der Waals surface area (Å²) in [5.41, 5.74) is 2.27. The van der Waals surface area contributed by atoms with Gasteiger partial charge in [-0.05, 0) is 62.4 Å². The zero-order chi connectivity index (χ0) is 20.0. The lowest BCUT2D eigenvalue weighted by Crippen LogP contribution is -2.23. The molecule has 2 N–H and O–H groups in total. The highest BCUT2D eigenvalue weighted by Gasteiger charge is 2.11. The molecule has 0 saturated heterocycles. The Morgan fingerprint density at radius 2 is 1.89 bits per heavy atom. The van der Waals surface area contributed by atoms with Gasteiger partial charge in [-0.1, -0.05) is 6.58 Å². The highest BCUT2D eigenvalue weighted by atomic mass is 16.5. The van der Waals surface area contributed by atoms with Crippen molar-refractivity contribution in [3.05, 3.63) is 66.2 Å². The van der Waals surface area contributed by atoms with Crippen molar-refractivity contribution in [3.8, 4) is 5.75 Å². The average molecular weight is 368 g/mol. The second-order valence-corrected chi connectivity index (χ2v) is 6.31. The molecule has 0 fully saturated rings. The lowest BCUT2D eigenvalue weighted by atomic mass is 10.1. The van der Waals surface area contributed by atoms with Crippen LogP contribution in [0.2, 0.25) is 0 Å². The van der Waals surface area contributed by atoms with Crippen molar-refractivity contribution in [3.63, 3.8) is 0 Å². The number of rotatable bonds is 7. The van der Waals surface area contributed by atoms with Crippen molar-refractivity contribution in [2.24, 2.45) is 0 Å². The van der Waals surface area contributed by atoms with Crippen molar-refractivity contribution in [2.75, 3.05) is 17.3 Å². The van der Waals surface area contributed by atoms with Gasteiger partial charge in [0.1, 0.15) is 5.75 Å². The zero-order valence-corrected chi connectivity index (χ0v) is 15.7. The SMILES string of the molecule is C=CC(=O)N(C)c1ccc(C(=O)Nc2ccc(O)c(COC(C)C)c2)cc1. The summed E-state index contributed by atoms with van der Waals surface area (Å²) < 4.78 is 5.51. The third kappa shape index (κ3) is 5.43. The molecule has 0 radical (unpaired) electrons. The molecule has 2 aromatic rings. The number of nitrogens with one attached hydrogen (secondary N) is 1. The number of phenols is 1. The van der Waals surface area contributed by atoms with Crippen LogP contribution in [0.4, 0.5) is 11.4 Å². The second kappa shape index (κ2) is 9.00. The molecule has 0 spiro atoms. The van der Waals surface area contributed by atoms with Crippen molar-refractivity contribution in [1.29, 1.82) is 0 Å². The first-order valence-electron chi connectivity index (χ1n) is 8.57. The number of aromatic hydroxyl groups is 1. The molecule has 2 amide bonds. The summed E-state index contributed by atoms with van der Waals surface area (Å²) in [7, 11) is 1.64. The number of hydrogen-bond acceptors (Lipinski definition) is 4. The number of hydrogen-bond donors (Lipinski definition) is 2. The molecule has 0 atom stereocenters. The first-order valence-corrected chi connectivity index (χ1v) is 8.57. The number of carbonyl (C=O) groups is 2. The lowest BCUT2D eigenvalue weighted by molar-refractivity contribution is -0.113. The van der Waals surface area contributed by atoms with Gasteiger partial charge in [0, 0.05) is 29.5 Å². The zero-order valence-electron chi connectivity index (χ0n) is 15.7. The van der Waals surface area contributed by atoms with Gasteiger partial charge in [-0.15, -0.1) is 0 Å². The summed E-state index contributed by atoms with van der Waals surface area (Å²) in [6.07, 6.45) is 1.26. The van der Waals surface area contributed by atoms with Crippen molar-refractivity contribution in [2.45, 2.75) is 26.6 Å². The maximum Gasteiger partial charge on any atom is 0.255 e. The summed E-state index contributed by atoms with van der Waals surface area (Å²) in [4.78, 5) is 25.5. The summed E-state index contributed by atoms with van der Waals surface area (Å²) in [5.74, 6) is -0.402. The molecule has 6 heteroatoms. The van der Waals surface area contributed by atoms with E-state index in [9.17, 15) is 14.7 Å². The largest absolute Gasteiger partial charge is 0.508 e. The molecular formula is C21H24N2O4. The number of carbonyl (C=O) groups excluding carboxylic acids is 2. The van der Waals surface area contributed by atoms with Crippen molar-refractivity contribution >= 4 is 23.2 Å². The Morgan fingerprint density at radius 3 is 2.48 bits per heavy atom. The van der Waals surface area contributed by atoms with Gasteiger partial charge in [0.25, 0.3) is 5.91 Å². The van der Waals surface area contributed by atoms with Gasteiger partial charge in [-0.2, -0.15) is 0 Å². The summed E-state index contributed by atoms with van der Waals surface area (Å²) in [6.45, 7) is 7.53. The molecule has 27 heavy (non-hydrogen) atoms. The first kappa shape index (κ1) is 20.2. The summed E-state index contributed by atoms with van der Waals surface area (Å²) in [6, 6.07) is 11.5. The van der Waals surface area contributed by atoms with E-state index in [0.29, 0.717) is 22.5 Å². The minimum atomic E-state index is -0.291. The van der Waals surface area contributed by atoms with E-state index in [-0.39, 0.29) is 30.3 Å². The van der Waals surface area contributed by atoms with Gasteiger partial charge in [-0.25, -0.2) is 0 Å². The second-order valence-electron chi connectivity index (χ2n) is 6.31. The van der Waals surface area contributed by atoms with Gasteiger partial charge >= 0.3 is 0 Å². The molecule has 0 unspecified atom stereocenters. The molecule has 0 aliphatic heterocycles. The van der Waals surface area contributed by atoms with Crippen LogP contribution in [0.15, 0.2) is 55.1 Å². The monoisotopic (exact) mass is 368 g/mol. The third-order valence-corrected chi connectivity index (χ3v) is 3.93. The lowest BCUT2D eigenvalue weighted by Gasteiger charge is -2.15. The van der Waals surface area contributed by atoms with Gasteiger partial charge in [0.05, 0.1) is 12.7 Å². The van der Waals surface area contributed by atoms with Crippen LogP contribution >= 0.6 is 0 Å². The molecule has 0 aliphatic rings. The van der Waals surface area contributed by atoms with Gasteiger partial charge in [0.15, 0.2) is 0 Å². The number of anilines is 2. The van der Waals surface area contributed by atoms with Crippen LogP contribution in [-0.4, -0.2) is 30.1 Å². The van der Waals surface area contributed by atoms with Crippen LogP contribution in [-0.2, 0) is 16.1 Å². The molecular weight excluding hydrogens is 344 g/mol. The fraction of sp³-hybridized carbons (Fsp3) is 0.238. The number of benzene rings is 2. The van der Waals surface area contributed by atoms with Crippen LogP contribution in [0, 0.1) is 0 Å². The molecule has 2 rings (SSSR count). The highest BCUT2D eigenvalue weighted by Crippen LogP contribution is 2.23.